The monoisotopic (exact) mass is 365 g/mol. The molecule has 128 valence electrons. The summed E-state index contributed by atoms with van der Waals surface area (Å²) in [5.74, 6) is 0.569. The van der Waals surface area contributed by atoms with E-state index in [4.69, 9.17) is 27.9 Å². The number of amides is 1. The summed E-state index contributed by atoms with van der Waals surface area (Å²) in [5.41, 5.74) is 1.93. The molecule has 0 aromatic heterocycles. The average molecular weight is 366 g/mol. The summed E-state index contributed by atoms with van der Waals surface area (Å²) >= 11 is 11.9. The fourth-order valence-corrected chi connectivity index (χ4v) is 2.76. The van der Waals surface area contributed by atoms with Crippen LogP contribution < -0.4 is 10.1 Å². The van der Waals surface area contributed by atoms with Crippen molar-refractivity contribution >= 4 is 34.8 Å². The molecule has 2 rings (SSSR count). The molecule has 2 atom stereocenters. The lowest BCUT2D eigenvalue weighted by molar-refractivity contribution is -0.122. The second-order valence-electron chi connectivity index (χ2n) is 5.72. The number of halogens is 2. The van der Waals surface area contributed by atoms with Crippen LogP contribution >= 0.6 is 23.2 Å². The summed E-state index contributed by atoms with van der Waals surface area (Å²) in [6.45, 7) is 5.95. The highest BCUT2D eigenvalue weighted by molar-refractivity contribution is 6.35. The average Bonchev–Trinajstić information content (AvgIpc) is 2.57. The number of hydrogen-bond donors (Lipinski definition) is 1. The van der Waals surface area contributed by atoms with Gasteiger partial charge in [-0.25, -0.2) is 0 Å². The number of para-hydroxylation sites is 1. The number of carbonyl (C=O) groups excluding carboxylic acids is 1. The third kappa shape index (κ3) is 4.65. The first-order valence-corrected chi connectivity index (χ1v) is 8.69. The number of anilines is 1. The molecule has 0 aliphatic rings. The predicted octanol–water partition coefficient (Wildman–Crippen LogP) is 5.91. The Kier molecular flexibility index (Phi) is 6.52. The van der Waals surface area contributed by atoms with Gasteiger partial charge in [0.05, 0.1) is 5.02 Å². The number of benzene rings is 2. The van der Waals surface area contributed by atoms with Crippen LogP contribution in [0.15, 0.2) is 42.5 Å². The Hall–Kier alpha value is -1.71. The van der Waals surface area contributed by atoms with Crippen molar-refractivity contribution in [1.82, 2.24) is 0 Å². The van der Waals surface area contributed by atoms with E-state index >= 15 is 0 Å². The minimum atomic E-state index is -0.686. The summed E-state index contributed by atoms with van der Waals surface area (Å²) in [7, 11) is 0. The molecule has 2 aromatic rings. The van der Waals surface area contributed by atoms with E-state index < -0.39 is 6.10 Å². The molecular formula is C19H21Cl2NO2. The number of nitrogens with one attached hydrogen (secondary N) is 1. The minimum Gasteiger partial charge on any atom is -0.479 e. The first-order valence-electron chi connectivity index (χ1n) is 7.93. The Morgan fingerprint density at radius 3 is 2.54 bits per heavy atom. The number of carbonyl (C=O) groups is 1. The van der Waals surface area contributed by atoms with Gasteiger partial charge in [-0.3, -0.25) is 4.79 Å². The molecule has 0 unspecified atom stereocenters. The zero-order chi connectivity index (χ0) is 17.7. The standard InChI is InChI=1S/C19H21Cl2NO2/c1-4-12(2)15-7-5-6-8-17(15)22-19(23)13(3)24-18-10-9-14(20)11-16(18)21/h5-13H,4H2,1-3H3,(H,22,23)/t12-,13-/m0/s1. The molecule has 1 N–H and O–H groups in total. The van der Waals surface area contributed by atoms with Crippen LogP contribution in [0.2, 0.25) is 10.0 Å². The van der Waals surface area contributed by atoms with Crippen molar-refractivity contribution in [3.63, 3.8) is 0 Å². The number of hydrogen-bond acceptors (Lipinski definition) is 2. The van der Waals surface area contributed by atoms with Gasteiger partial charge in [-0.05, 0) is 49.1 Å². The zero-order valence-corrected chi connectivity index (χ0v) is 15.5. The quantitative estimate of drug-likeness (QED) is 0.690. The van der Waals surface area contributed by atoms with Crippen LogP contribution in [-0.4, -0.2) is 12.0 Å². The van der Waals surface area contributed by atoms with E-state index in [-0.39, 0.29) is 5.91 Å². The van der Waals surface area contributed by atoms with Crippen LogP contribution in [0.3, 0.4) is 0 Å². The molecule has 0 saturated carbocycles. The van der Waals surface area contributed by atoms with Crippen LogP contribution in [0.4, 0.5) is 5.69 Å². The highest BCUT2D eigenvalue weighted by Gasteiger charge is 2.18. The number of ether oxygens (including phenoxy) is 1. The van der Waals surface area contributed by atoms with Gasteiger partial charge in [0.1, 0.15) is 5.75 Å². The lowest BCUT2D eigenvalue weighted by Gasteiger charge is -2.19. The molecule has 1 amide bonds. The second-order valence-corrected chi connectivity index (χ2v) is 6.56. The molecule has 0 spiro atoms. The largest absolute Gasteiger partial charge is 0.479 e. The lowest BCUT2D eigenvalue weighted by Crippen LogP contribution is -2.30. The molecule has 0 bridgehead atoms. The van der Waals surface area contributed by atoms with Crippen LogP contribution in [0.1, 0.15) is 38.7 Å². The topological polar surface area (TPSA) is 38.3 Å². The van der Waals surface area contributed by atoms with E-state index in [1.54, 1.807) is 25.1 Å². The second kappa shape index (κ2) is 8.41. The lowest BCUT2D eigenvalue weighted by atomic mass is 9.97. The van der Waals surface area contributed by atoms with Gasteiger partial charge in [-0.1, -0.05) is 55.2 Å². The summed E-state index contributed by atoms with van der Waals surface area (Å²) < 4.78 is 5.66. The van der Waals surface area contributed by atoms with Crippen molar-refractivity contribution in [3.8, 4) is 5.75 Å². The third-order valence-electron chi connectivity index (χ3n) is 3.93. The molecule has 5 heteroatoms. The first kappa shape index (κ1) is 18.6. The first-order chi connectivity index (χ1) is 11.4. The van der Waals surface area contributed by atoms with Gasteiger partial charge in [0, 0.05) is 10.7 Å². The van der Waals surface area contributed by atoms with E-state index in [0.717, 1.165) is 17.7 Å². The Labute approximate surface area is 152 Å². The molecule has 0 aliphatic heterocycles. The van der Waals surface area contributed by atoms with Crippen molar-refractivity contribution < 1.29 is 9.53 Å². The van der Waals surface area contributed by atoms with Crippen molar-refractivity contribution in [1.29, 1.82) is 0 Å². The minimum absolute atomic E-state index is 0.225. The van der Waals surface area contributed by atoms with E-state index in [2.05, 4.69) is 19.2 Å². The van der Waals surface area contributed by atoms with Crippen molar-refractivity contribution in [3.05, 3.63) is 58.1 Å². The summed E-state index contributed by atoms with van der Waals surface area (Å²) in [5, 5.41) is 3.84. The van der Waals surface area contributed by atoms with E-state index in [1.807, 2.05) is 24.3 Å². The van der Waals surface area contributed by atoms with Crippen LogP contribution in [-0.2, 0) is 4.79 Å². The molecule has 2 aromatic carbocycles. The summed E-state index contributed by atoms with van der Waals surface area (Å²) in [6, 6.07) is 12.7. The summed E-state index contributed by atoms with van der Waals surface area (Å²) in [6.07, 6.45) is 0.313. The maximum Gasteiger partial charge on any atom is 0.265 e. The van der Waals surface area contributed by atoms with Crippen LogP contribution in [0, 0.1) is 0 Å². The Morgan fingerprint density at radius 1 is 1.17 bits per heavy atom. The SMILES string of the molecule is CC[C@H](C)c1ccccc1NC(=O)[C@H](C)Oc1ccc(Cl)cc1Cl. The smallest absolute Gasteiger partial charge is 0.265 e. The molecule has 0 fully saturated rings. The molecular weight excluding hydrogens is 345 g/mol. The zero-order valence-electron chi connectivity index (χ0n) is 14.0. The molecule has 0 saturated heterocycles. The van der Waals surface area contributed by atoms with Gasteiger partial charge < -0.3 is 10.1 Å². The Balaban J connectivity index is 2.09. The third-order valence-corrected chi connectivity index (χ3v) is 4.46. The molecule has 0 heterocycles. The van der Waals surface area contributed by atoms with Crippen molar-refractivity contribution in [2.45, 2.75) is 39.2 Å². The van der Waals surface area contributed by atoms with Gasteiger partial charge in [0.2, 0.25) is 0 Å². The normalized spacial score (nSPS) is 13.2. The fraction of sp³-hybridized carbons (Fsp3) is 0.316. The maximum atomic E-state index is 12.5. The van der Waals surface area contributed by atoms with Gasteiger partial charge in [0.25, 0.3) is 5.91 Å². The van der Waals surface area contributed by atoms with Gasteiger partial charge in [0.15, 0.2) is 6.10 Å². The Morgan fingerprint density at radius 2 is 1.88 bits per heavy atom. The molecule has 24 heavy (non-hydrogen) atoms. The van der Waals surface area contributed by atoms with E-state index in [9.17, 15) is 4.79 Å². The number of rotatable bonds is 6. The van der Waals surface area contributed by atoms with Crippen LogP contribution in [0.5, 0.6) is 5.75 Å². The van der Waals surface area contributed by atoms with Gasteiger partial charge in [-0.15, -0.1) is 0 Å². The van der Waals surface area contributed by atoms with E-state index in [1.165, 1.54) is 0 Å². The molecule has 0 radical (unpaired) electrons. The van der Waals surface area contributed by atoms with Gasteiger partial charge in [-0.2, -0.15) is 0 Å². The highest BCUT2D eigenvalue weighted by atomic mass is 35.5. The van der Waals surface area contributed by atoms with Crippen molar-refractivity contribution in [2.24, 2.45) is 0 Å². The fourth-order valence-electron chi connectivity index (χ4n) is 2.31. The predicted molar refractivity (Wildman–Crippen MR) is 100 cm³/mol. The Bertz CT molecular complexity index is 718. The van der Waals surface area contributed by atoms with Crippen molar-refractivity contribution in [2.75, 3.05) is 5.32 Å². The highest BCUT2D eigenvalue weighted by Crippen LogP contribution is 2.29. The van der Waals surface area contributed by atoms with Gasteiger partial charge >= 0.3 is 0 Å². The van der Waals surface area contributed by atoms with E-state index in [0.29, 0.717) is 21.7 Å². The molecule has 0 aliphatic carbocycles. The summed E-state index contributed by atoms with van der Waals surface area (Å²) in [4.78, 5) is 12.5. The molecule has 3 nitrogen and oxygen atoms in total. The van der Waals surface area contributed by atoms with Crippen LogP contribution in [0.25, 0.3) is 0 Å². The maximum absolute atomic E-state index is 12.5.